The molecule has 164 valence electrons. The Morgan fingerprint density at radius 2 is 1.59 bits per heavy atom. The van der Waals surface area contributed by atoms with Gasteiger partial charge in [-0.25, -0.2) is 4.39 Å². The summed E-state index contributed by atoms with van der Waals surface area (Å²) in [6, 6.07) is 20.4. The molecule has 5 nitrogen and oxygen atoms in total. The molecule has 1 heterocycles. The molecular weight excluding hydrogens is 405 g/mol. The summed E-state index contributed by atoms with van der Waals surface area (Å²) in [5.41, 5.74) is 3.26. The van der Waals surface area contributed by atoms with Crippen LogP contribution in [-0.2, 0) is 0 Å². The van der Waals surface area contributed by atoms with Crippen molar-refractivity contribution in [3.8, 4) is 0 Å². The minimum Gasteiger partial charge on any atom is -0.371 e. The predicted octanol–water partition coefficient (Wildman–Crippen LogP) is 5.17. The number of hydrogen-bond acceptors (Lipinski definition) is 3. The van der Waals surface area contributed by atoms with E-state index in [0.717, 1.165) is 37.2 Å². The molecule has 3 aromatic carbocycles. The smallest absolute Gasteiger partial charge is 0.255 e. The van der Waals surface area contributed by atoms with Crippen molar-refractivity contribution in [1.82, 2.24) is 5.32 Å². The highest BCUT2D eigenvalue weighted by Crippen LogP contribution is 2.28. The summed E-state index contributed by atoms with van der Waals surface area (Å²) in [7, 11) is 0. The highest BCUT2D eigenvalue weighted by Gasteiger charge is 2.22. The highest BCUT2D eigenvalue weighted by atomic mass is 19.1. The van der Waals surface area contributed by atoms with Gasteiger partial charge in [0, 0.05) is 30.0 Å². The molecular formula is C26H26FN3O2. The van der Waals surface area contributed by atoms with Gasteiger partial charge in [-0.3, -0.25) is 9.59 Å². The molecule has 6 heteroatoms. The van der Waals surface area contributed by atoms with E-state index in [1.165, 1.54) is 24.3 Å². The topological polar surface area (TPSA) is 61.4 Å². The molecule has 2 N–H and O–H groups in total. The Labute approximate surface area is 187 Å². The summed E-state index contributed by atoms with van der Waals surface area (Å²) in [4.78, 5) is 28.0. The fourth-order valence-corrected chi connectivity index (χ4v) is 3.93. The van der Waals surface area contributed by atoms with Crippen LogP contribution >= 0.6 is 0 Å². The zero-order chi connectivity index (χ0) is 22.5. The summed E-state index contributed by atoms with van der Waals surface area (Å²) in [5.74, 6) is -0.952. The largest absolute Gasteiger partial charge is 0.371 e. The van der Waals surface area contributed by atoms with Crippen molar-refractivity contribution in [1.29, 1.82) is 0 Å². The van der Waals surface area contributed by atoms with E-state index in [9.17, 15) is 14.0 Å². The van der Waals surface area contributed by atoms with Crippen LogP contribution in [0.25, 0.3) is 0 Å². The van der Waals surface area contributed by atoms with E-state index in [1.807, 2.05) is 43.3 Å². The fraction of sp³-hybridized carbons (Fsp3) is 0.231. The van der Waals surface area contributed by atoms with Crippen molar-refractivity contribution in [3.63, 3.8) is 0 Å². The van der Waals surface area contributed by atoms with Gasteiger partial charge in [-0.05, 0) is 67.8 Å². The number of nitrogens with zero attached hydrogens (tertiary/aromatic N) is 1. The van der Waals surface area contributed by atoms with E-state index in [4.69, 9.17) is 0 Å². The van der Waals surface area contributed by atoms with Gasteiger partial charge in [0.25, 0.3) is 11.8 Å². The van der Waals surface area contributed by atoms with E-state index in [1.54, 1.807) is 12.1 Å². The third kappa shape index (κ3) is 4.97. The quantitative estimate of drug-likeness (QED) is 0.566. The molecule has 0 saturated carbocycles. The van der Waals surface area contributed by atoms with Gasteiger partial charge >= 0.3 is 0 Å². The van der Waals surface area contributed by atoms with Crippen LogP contribution in [0.15, 0.2) is 72.8 Å². The average molecular weight is 432 g/mol. The number of anilines is 2. The van der Waals surface area contributed by atoms with Gasteiger partial charge < -0.3 is 15.5 Å². The van der Waals surface area contributed by atoms with Crippen LogP contribution in [0, 0.1) is 5.82 Å². The first-order valence-corrected chi connectivity index (χ1v) is 10.8. The van der Waals surface area contributed by atoms with Gasteiger partial charge in [0.05, 0.1) is 11.6 Å². The SMILES string of the molecule is CC(NC(=O)c1cc(NC(=O)c2ccc(F)cc2)ccc1N1CCCC1)c1ccccc1. The Kier molecular flexibility index (Phi) is 6.50. The maximum atomic E-state index is 13.3. The fourth-order valence-electron chi connectivity index (χ4n) is 3.93. The zero-order valence-corrected chi connectivity index (χ0v) is 18.0. The Hall–Kier alpha value is -3.67. The molecule has 1 saturated heterocycles. The number of carbonyl (C=O) groups is 2. The lowest BCUT2D eigenvalue weighted by atomic mass is 10.1. The van der Waals surface area contributed by atoms with Crippen molar-refractivity contribution >= 4 is 23.2 Å². The van der Waals surface area contributed by atoms with E-state index in [0.29, 0.717) is 16.8 Å². The number of carbonyl (C=O) groups excluding carboxylic acids is 2. The summed E-state index contributed by atoms with van der Waals surface area (Å²) in [6.07, 6.45) is 2.18. The number of amides is 2. The number of halogens is 1. The van der Waals surface area contributed by atoms with E-state index < -0.39 is 5.82 Å². The molecule has 1 fully saturated rings. The number of benzene rings is 3. The molecule has 0 aliphatic carbocycles. The Balaban J connectivity index is 1.58. The highest BCUT2D eigenvalue weighted by molar-refractivity contribution is 6.06. The van der Waals surface area contributed by atoms with Crippen molar-refractivity contribution in [2.45, 2.75) is 25.8 Å². The first kappa shape index (κ1) is 21.6. The lowest BCUT2D eigenvalue weighted by Crippen LogP contribution is -2.29. The van der Waals surface area contributed by atoms with E-state index in [2.05, 4.69) is 15.5 Å². The summed E-state index contributed by atoms with van der Waals surface area (Å²) >= 11 is 0. The third-order valence-electron chi connectivity index (χ3n) is 5.70. The van der Waals surface area contributed by atoms with Crippen LogP contribution in [0.5, 0.6) is 0 Å². The number of nitrogens with one attached hydrogen (secondary N) is 2. The monoisotopic (exact) mass is 431 g/mol. The van der Waals surface area contributed by atoms with Crippen molar-refractivity contribution in [2.24, 2.45) is 0 Å². The Morgan fingerprint density at radius 1 is 0.906 bits per heavy atom. The molecule has 1 aliphatic heterocycles. The third-order valence-corrected chi connectivity index (χ3v) is 5.70. The van der Waals surface area contributed by atoms with Gasteiger partial charge in [-0.2, -0.15) is 0 Å². The normalized spacial score (nSPS) is 14.1. The van der Waals surface area contributed by atoms with Crippen LogP contribution in [-0.4, -0.2) is 24.9 Å². The van der Waals surface area contributed by atoms with Crippen LogP contribution in [0.1, 0.15) is 52.1 Å². The number of rotatable bonds is 6. The molecule has 1 atom stereocenters. The van der Waals surface area contributed by atoms with Crippen LogP contribution < -0.4 is 15.5 Å². The maximum absolute atomic E-state index is 13.3. The second-order valence-corrected chi connectivity index (χ2v) is 7.99. The van der Waals surface area contributed by atoms with Gasteiger partial charge in [-0.15, -0.1) is 0 Å². The van der Waals surface area contributed by atoms with Crippen LogP contribution in [0.3, 0.4) is 0 Å². The van der Waals surface area contributed by atoms with Crippen molar-refractivity contribution < 1.29 is 14.0 Å². The predicted molar refractivity (Wildman–Crippen MR) is 125 cm³/mol. The molecule has 4 rings (SSSR count). The summed E-state index contributed by atoms with van der Waals surface area (Å²) < 4.78 is 13.2. The molecule has 1 unspecified atom stereocenters. The first-order chi connectivity index (χ1) is 15.5. The van der Waals surface area contributed by atoms with Crippen molar-refractivity contribution in [2.75, 3.05) is 23.3 Å². The number of hydrogen-bond donors (Lipinski definition) is 2. The molecule has 1 aliphatic rings. The molecule has 0 aromatic heterocycles. The minimum absolute atomic E-state index is 0.160. The van der Waals surface area contributed by atoms with Gasteiger partial charge in [0.2, 0.25) is 0 Å². The lowest BCUT2D eigenvalue weighted by molar-refractivity contribution is 0.0939. The van der Waals surface area contributed by atoms with Crippen LogP contribution in [0.4, 0.5) is 15.8 Å². The van der Waals surface area contributed by atoms with E-state index >= 15 is 0 Å². The summed E-state index contributed by atoms with van der Waals surface area (Å²) in [5, 5.41) is 5.89. The lowest BCUT2D eigenvalue weighted by Gasteiger charge is -2.23. The average Bonchev–Trinajstić information content (AvgIpc) is 3.35. The second kappa shape index (κ2) is 9.64. The minimum atomic E-state index is -0.400. The van der Waals surface area contributed by atoms with Crippen molar-refractivity contribution in [3.05, 3.63) is 95.3 Å². The molecule has 0 radical (unpaired) electrons. The Morgan fingerprint density at radius 3 is 2.28 bits per heavy atom. The van der Waals surface area contributed by atoms with Gasteiger partial charge in [0.1, 0.15) is 5.82 Å². The molecule has 2 amide bonds. The molecule has 0 bridgehead atoms. The van der Waals surface area contributed by atoms with Crippen LogP contribution in [0.2, 0.25) is 0 Å². The maximum Gasteiger partial charge on any atom is 0.255 e. The van der Waals surface area contributed by atoms with Gasteiger partial charge in [-0.1, -0.05) is 30.3 Å². The summed E-state index contributed by atoms with van der Waals surface area (Å²) in [6.45, 7) is 3.74. The molecule has 32 heavy (non-hydrogen) atoms. The zero-order valence-electron chi connectivity index (χ0n) is 18.0. The Bertz CT molecular complexity index is 1090. The van der Waals surface area contributed by atoms with Gasteiger partial charge in [0.15, 0.2) is 0 Å². The first-order valence-electron chi connectivity index (χ1n) is 10.8. The standard InChI is InChI=1S/C26H26FN3O2/c1-18(19-7-3-2-4-8-19)28-26(32)23-17-22(13-14-24(23)30-15-5-6-16-30)29-25(31)20-9-11-21(27)12-10-20/h2-4,7-14,17-18H,5-6,15-16H2,1H3,(H,28,32)(H,29,31). The second-order valence-electron chi connectivity index (χ2n) is 7.99. The van der Waals surface area contributed by atoms with E-state index in [-0.39, 0.29) is 17.9 Å². The molecule has 3 aromatic rings. The molecule has 0 spiro atoms.